The largest absolute Gasteiger partial charge is 0.441 e. The number of aromatic nitrogens is 3. The Morgan fingerprint density at radius 3 is 2.90 bits per heavy atom. The minimum Gasteiger partial charge on any atom is -0.441 e. The quantitative estimate of drug-likeness (QED) is 0.417. The third kappa shape index (κ3) is 4.28. The van der Waals surface area contributed by atoms with Crippen molar-refractivity contribution in [3.63, 3.8) is 0 Å². The van der Waals surface area contributed by atoms with Crippen LogP contribution >= 0.6 is 11.3 Å². The van der Waals surface area contributed by atoms with Gasteiger partial charge in [-0.05, 0) is 18.2 Å². The molecule has 4 N–H and O–H groups in total. The Balaban J connectivity index is 1.34. The van der Waals surface area contributed by atoms with E-state index in [0.717, 1.165) is 0 Å². The third-order valence-corrected chi connectivity index (χ3v) is 5.01. The number of carbonyl (C=O) groups excluding carboxylic acids is 2. The van der Waals surface area contributed by atoms with Crippen LogP contribution in [-0.2, 0) is 11.2 Å². The maximum absolute atomic E-state index is 13.8. The molecule has 3 heterocycles. The number of H-pyrrole nitrogens is 1. The first-order chi connectivity index (χ1) is 14.5. The summed E-state index contributed by atoms with van der Waals surface area (Å²) in [6.07, 6.45) is 3.45. The Bertz CT molecular complexity index is 1210. The van der Waals surface area contributed by atoms with Gasteiger partial charge >= 0.3 is 0 Å². The number of carbonyl (C=O) groups is 2. The number of hydrogen-bond donors (Lipinski definition) is 3. The highest BCUT2D eigenvalue weighted by atomic mass is 32.1. The van der Waals surface area contributed by atoms with Gasteiger partial charge in [0.15, 0.2) is 16.8 Å². The Hall–Kier alpha value is -3.79. The minimum atomic E-state index is -0.560. The van der Waals surface area contributed by atoms with Crippen molar-refractivity contribution in [1.82, 2.24) is 15.0 Å². The van der Waals surface area contributed by atoms with E-state index in [0.29, 0.717) is 33.6 Å². The van der Waals surface area contributed by atoms with Gasteiger partial charge in [-0.15, -0.1) is 11.3 Å². The molecule has 3 aromatic heterocycles. The Kier molecular flexibility index (Phi) is 5.40. The van der Waals surface area contributed by atoms with Crippen molar-refractivity contribution in [2.75, 3.05) is 5.32 Å². The Morgan fingerprint density at radius 1 is 1.30 bits per heavy atom. The van der Waals surface area contributed by atoms with Crippen molar-refractivity contribution in [2.24, 2.45) is 5.73 Å². The number of benzene rings is 1. The maximum Gasteiger partial charge on any atom is 0.265 e. The first kappa shape index (κ1) is 19.5. The molecule has 30 heavy (non-hydrogen) atoms. The van der Waals surface area contributed by atoms with E-state index in [1.165, 1.54) is 23.6 Å². The van der Waals surface area contributed by atoms with Gasteiger partial charge in [-0.2, -0.15) is 0 Å². The fraction of sp³-hybridized carbons (Fsp3) is 0.100. The van der Waals surface area contributed by atoms with Gasteiger partial charge < -0.3 is 20.5 Å². The summed E-state index contributed by atoms with van der Waals surface area (Å²) >= 11 is 1.26. The number of nitrogens with one attached hydrogen (secondary N) is 2. The van der Waals surface area contributed by atoms with Crippen LogP contribution in [0.5, 0.6) is 0 Å². The molecule has 0 fully saturated rings. The van der Waals surface area contributed by atoms with Gasteiger partial charge in [0.1, 0.15) is 11.5 Å². The van der Waals surface area contributed by atoms with Crippen LogP contribution in [0, 0.1) is 5.82 Å². The van der Waals surface area contributed by atoms with E-state index < -0.39 is 11.7 Å². The lowest BCUT2D eigenvalue weighted by atomic mass is 10.2. The average molecular weight is 425 g/mol. The second-order valence-electron chi connectivity index (χ2n) is 6.35. The number of aryl methyl sites for hydroxylation is 1. The van der Waals surface area contributed by atoms with Crippen molar-refractivity contribution >= 4 is 28.3 Å². The second-order valence-corrected chi connectivity index (χ2v) is 7.21. The van der Waals surface area contributed by atoms with Crippen molar-refractivity contribution in [3.05, 3.63) is 65.5 Å². The van der Waals surface area contributed by atoms with Gasteiger partial charge in [-0.25, -0.2) is 14.4 Å². The first-order valence-corrected chi connectivity index (χ1v) is 9.81. The number of rotatable bonds is 7. The van der Waals surface area contributed by atoms with Crippen LogP contribution in [0.3, 0.4) is 0 Å². The average Bonchev–Trinajstić information content (AvgIpc) is 3.47. The lowest BCUT2D eigenvalue weighted by Gasteiger charge is -2.00. The maximum atomic E-state index is 13.8. The minimum absolute atomic E-state index is 0.127. The molecule has 0 unspecified atom stereocenters. The highest BCUT2D eigenvalue weighted by Gasteiger charge is 2.14. The Labute approximate surface area is 174 Å². The predicted octanol–water partition coefficient (Wildman–Crippen LogP) is 3.60. The number of oxazole rings is 1. The number of nitrogens with zero attached hydrogens (tertiary/aromatic N) is 2. The summed E-state index contributed by atoms with van der Waals surface area (Å²) in [5.41, 5.74) is 7.13. The first-order valence-electron chi connectivity index (χ1n) is 8.93. The van der Waals surface area contributed by atoms with Crippen molar-refractivity contribution < 1.29 is 18.4 Å². The number of hydrogen-bond acceptors (Lipinski definition) is 6. The highest BCUT2D eigenvalue weighted by molar-refractivity contribution is 7.14. The molecule has 0 saturated carbocycles. The van der Waals surface area contributed by atoms with E-state index >= 15 is 0 Å². The molecule has 4 aromatic rings. The van der Waals surface area contributed by atoms with Crippen LogP contribution in [0.4, 0.5) is 9.52 Å². The molecular weight excluding hydrogens is 409 g/mol. The van der Waals surface area contributed by atoms with Crippen LogP contribution in [-0.4, -0.2) is 26.8 Å². The summed E-state index contributed by atoms with van der Waals surface area (Å²) in [6, 6.07) is 7.84. The third-order valence-electron chi connectivity index (χ3n) is 4.25. The number of amides is 2. The van der Waals surface area contributed by atoms with Crippen LogP contribution in [0.15, 0.2) is 52.5 Å². The molecular formula is C20H16FN5O3S. The highest BCUT2D eigenvalue weighted by Crippen LogP contribution is 2.26. The van der Waals surface area contributed by atoms with Crippen LogP contribution < -0.4 is 11.1 Å². The molecule has 0 aliphatic rings. The zero-order chi connectivity index (χ0) is 21.1. The summed E-state index contributed by atoms with van der Waals surface area (Å²) in [5, 5.41) is 4.91. The van der Waals surface area contributed by atoms with Crippen LogP contribution in [0.25, 0.3) is 22.6 Å². The van der Waals surface area contributed by atoms with Crippen molar-refractivity contribution in [1.29, 1.82) is 0 Å². The summed E-state index contributed by atoms with van der Waals surface area (Å²) in [6.45, 7) is 0. The smallest absolute Gasteiger partial charge is 0.265 e. The van der Waals surface area contributed by atoms with Gasteiger partial charge in [0, 0.05) is 30.0 Å². The molecule has 0 aliphatic carbocycles. The number of anilines is 1. The molecule has 0 aliphatic heterocycles. The standard InChI is InChI=1S/C20H16FN5O3S/c21-13-4-2-1-3-12(13)16-9-24-18(29-16)6-5-17(27)26-20-25-15(10-30-20)11-7-14(19(22)28)23-8-11/h1-4,7-10,23H,5-6H2,(H2,22,28)(H,25,26,27). The summed E-state index contributed by atoms with van der Waals surface area (Å²) in [7, 11) is 0. The molecule has 8 nitrogen and oxygen atoms in total. The van der Waals surface area contributed by atoms with E-state index in [9.17, 15) is 14.0 Å². The van der Waals surface area contributed by atoms with Crippen LogP contribution in [0.2, 0.25) is 0 Å². The van der Waals surface area contributed by atoms with Crippen LogP contribution in [0.1, 0.15) is 22.8 Å². The fourth-order valence-corrected chi connectivity index (χ4v) is 3.50. The van der Waals surface area contributed by atoms with Gasteiger partial charge in [0.05, 0.1) is 17.5 Å². The van der Waals surface area contributed by atoms with E-state index in [1.54, 1.807) is 35.8 Å². The molecule has 2 amide bonds. The fourth-order valence-electron chi connectivity index (χ4n) is 2.76. The van der Waals surface area contributed by atoms with E-state index in [-0.39, 0.29) is 24.4 Å². The molecule has 0 saturated heterocycles. The topological polar surface area (TPSA) is 127 Å². The molecule has 152 valence electrons. The van der Waals surface area contributed by atoms with Gasteiger partial charge in [-0.1, -0.05) is 12.1 Å². The molecule has 0 atom stereocenters. The van der Waals surface area contributed by atoms with Crippen molar-refractivity contribution in [2.45, 2.75) is 12.8 Å². The molecule has 1 aromatic carbocycles. The number of nitrogens with two attached hydrogens (primary N) is 1. The number of thiazole rings is 1. The predicted molar refractivity (Wildman–Crippen MR) is 109 cm³/mol. The van der Waals surface area contributed by atoms with Gasteiger partial charge in [0.2, 0.25) is 5.91 Å². The zero-order valence-corrected chi connectivity index (χ0v) is 16.3. The lowest BCUT2D eigenvalue weighted by Crippen LogP contribution is -2.12. The molecule has 4 rings (SSSR count). The lowest BCUT2D eigenvalue weighted by molar-refractivity contribution is -0.116. The summed E-state index contributed by atoms with van der Waals surface area (Å²) < 4.78 is 19.4. The monoisotopic (exact) mass is 425 g/mol. The Morgan fingerprint density at radius 2 is 2.13 bits per heavy atom. The zero-order valence-electron chi connectivity index (χ0n) is 15.5. The number of halogens is 1. The molecule has 10 heteroatoms. The summed E-state index contributed by atoms with van der Waals surface area (Å²) in [4.78, 5) is 34.6. The normalized spacial score (nSPS) is 10.8. The molecule has 0 spiro atoms. The van der Waals surface area contributed by atoms with Gasteiger partial charge in [-0.3, -0.25) is 9.59 Å². The summed E-state index contributed by atoms with van der Waals surface area (Å²) in [5.74, 6) is -0.560. The second kappa shape index (κ2) is 8.29. The number of aromatic amines is 1. The SMILES string of the molecule is NC(=O)c1cc(-c2csc(NC(=O)CCc3ncc(-c4ccccc4F)o3)n2)c[nH]1. The van der Waals surface area contributed by atoms with E-state index in [4.69, 9.17) is 10.2 Å². The van der Waals surface area contributed by atoms with E-state index in [1.807, 2.05) is 0 Å². The van der Waals surface area contributed by atoms with Crippen molar-refractivity contribution in [3.8, 4) is 22.6 Å². The molecule has 0 bridgehead atoms. The van der Waals surface area contributed by atoms with Gasteiger partial charge in [0.25, 0.3) is 5.91 Å². The van der Waals surface area contributed by atoms with E-state index in [2.05, 4.69) is 20.3 Å². The molecule has 0 radical (unpaired) electrons. The number of primary amides is 1.